The molecule has 3 aliphatic heterocycles. The van der Waals surface area contributed by atoms with Crippen LogP contribution in [0.4, 0.5) is 18.9 Å². The summed E-state index contributed by atoms with van der Waals surface area (Å²) in [5.41, 5.74) is 3.56. The fourth-order valence-electron chi connectivity index (χ4n) is 7.68. The zero-order valence-corrected chi connectivity index (χ0v) is 37.8. The zero-order chi connectivity index (χ0) is 46.3. The third-order valence-corrected chi connectivity index (χ3v) is 12.7. The Kier molecular flexibility index (Phi) is 19.0. The second kappa shape index (κ2) is 24.1. The van der Waals surface area contributed by atoms with E-state index >= 15 is 0 Å². The molecule has 20 heteroatoms. The van der Waals surface area contributed by atoms with Gasteiger partial charge in [-0.05, 0) is 74.8 Å². The van der Waals surface area contributed by atoms with Gasteiger partial charge in [0.1, 0.15) is 17.1 Å². The molecule has 0 bridgehead atoms. The summed E-state index contributed by atoms with van der Waals surface area (Å²) in [7, 11) is 0. The van der Waals surface area contributed by atoms with Crippen molar-refractivity contribution in [3.8, 4) is 11.5 Å². The minimum Gasteiger partial charge on any atom is -0.506 e. The largest absolute Gasteiger partial charge is 0.506 e. The number of fused-ring (bicyclic) bond motifs is 1. The number of phenolic OH excluding ortho intramolecular Hbond substituents is 1. The fourth-order valence-corrected chi connectivity index (χ4v) is 8.77. The molecule has 3 aromatic rings. The predicted molar refractivity (Wildman–Crippen MR) is 235 cm³/mol. The maximum atomic E-state index is 13.3. The highest BCUT2D eigenvalue weighted by Gasteiger charge is 2.42. The quantitative estimate of drug-likeness (QED) is 0.0821. The molecule has 15 nitrogen and oxygen atoms in total. The van der Waals surface area contributed by atoms with Crippen LogP contribution in [0.1, 0.15) is 78.1 Å². The number of aryl methyl sites for hydroxylation is 1. The summed E-state index contributed by atoms with van der Waals surface area (Å²) in [5.74, 6) is -2.50. The minimum absolute atomic E-state index is 0.0133. The fraction of sp³-hybridized carbons (Fsp3) is 0.568. The molecular formula is C44H58ClF3N6O9S. The van der Waals surface area contributed by atoms with Gasteiger partial charge in [-0.25, -0.2) is 9.78 Å². The number of benzene rings is 2. The van der Waals surface area contributed by atoms with Gasteiger partial charge in [-0.1, -0.05) is 49.2 Å². The molecule has 352 valence electrons. The third kappa shape index (κ3) is 14.5. The van der Waals surface area contributed by atoms with Gasteiger partial charge in [-0.15, -0.1) is 11.3 Å². The number of carbonyl (C=O) groups excluding carboxylic acids is 3. The third-order valence-electron chi connectivity index (χ3n) is 11.3. The number of unbranched alkanes of at least 4 members (excludes halogenated alkanes) is 1. The van der Waals surface area contributed by atoms with E-state index < -0.39 is 12.1 Å². The number of alkyl halides is 3. The van der Waals surface area contributed by atoms with E-state index in [1.54, 1.807) is 23.5 Å². The molecule has 1 aromatic heterocycles. The lowest BCUT2D eigenvalue weighted by atomic mass is 9.89. The first-order valence-electron chi connectivity index (χ1n) is 21.6. The van der Waals surface area contributed by atoms with Crippen molar-refractivity contribution in [2.45, 2.75) is 83.5 Å². The number of likely N-dealkylation sites (N-methyl/N-ethyl adjacent to an activating group) is 1. The summed E-state index contributed by atoms with van der Waals surface area (Å²) in [5, 5.41) is 26.9. The number of anilines is 1. The van der Waals surface area contributed by atoms with E-state index in [1.165, 1.54) is 0 Å². The Morgan fingerprint density at radius 1 is 1.05 bits per heavy atom. The number of morpholine rings is 1. The SMILES string of the molecule is CCCCc1nc(C(=O)N2CCOC3(CCN(Cc4cccc(CCOCCC(=O)N(CC)CCNCCc5ccc(O)c6c5OCC(=O)N6)c4Cl)CC3)C2)cs1.O=C(O)C(F)(F)F. The van der Waals surface area contributed by atoms with Crippen molar-refractivity contribution in [1.82, 2.24) is 25.0 Å². The Hall–Kier alpha value is -4.53. The Labute approximate surface area is 380 Å². The van der Waals surface area contributed by atoms with Crippen LogP contribution in [0.5, 0.6) is 11.5 Å². The number of hydrogen-bond acceptors (Lipinski definition) is 12. The van der Waals surface area contributed by atoms with Crippen LogP contribution in [-0.2, 0) is 49.7 Å². The molecule has 2 fully saturated rings. The van der Waals surface area contributed by atoms with Gasteiger partial charge in [0.05, 0.1) is 43.4 Å². The number of carboxylic acid groups (broad SMARTS) is 1. The molecule has 64 heavy (non-hydrogen) atoms. The molecule has 3 amide bonds. The number of hydrogen-bond donors (Lipinski definition) is 4. The second-order valence-corrected chi connectivity index (χ2v) is 17.1. The van der Waals surface area contributed by atoms with E-state index in [9.17, 15) is 32.7 Å². The molecule has 1 spiro atoms. The predicted octanol–water partition coefficient (Wildman–Crippen LogP) is 5.95. The number of piperidine rings is 1. The normalized spacial score (nSPS) is 16.0. The first-order chi connectivity index (χ1) is 30.6. The van der Waals surface area contributed by atoms with E-state index in [4.69, 9.17) is 35.7 Å². The molecule has 2 aromatic carbocycles. The lowest BCUT2D eigenvalue weighted by molar-refractivity contribution is -0.192. The van der Waals surface area contributed by atoms with E-state index in [0.29, 0.717) is 95.5 Å². The van der Waals surface area contributed by atoms with Gasteiger partial charge in [0.25, 0.3) is 11.8 Å². The first kappa shape index (κ1) is 50.5. The second-order valence-electron chi connectivity index (χ2n) is 15.8. The number of carboxylic acids is 1. The van der Waals surface area contributed by atoms with Gasteiger partial charge in [0.15, 0.2) is 12.4 Å². The van der Waals surface area contributed by atoms with Crippen LogP contribution in [0, 0.1) is 0 Å². The summed E-state index contributed by atoms with van der Waals surface area (Å²) >= 11 is 8.51. The number of thiazole rings is 1. The molecule has 4 heterocycles. The number of aromatic nitrogens is 1. The first-order valence-corrected chi connectivity index (χ1v) is 22.9. The smallest absolute Gasteiger partial charge is 0.490 e. The van der Waals surface area contributed by atoms with Crippen LogP contribution in [0.2, 0.25) is 5.02 Å². The number of phenols is 1. The maximum absolute atomic E-state index is 13.3. The van der Waals surface area contributed by atoms with Gasteiger partial charge in [0, 0.05) is 56.2 Å². The van der Waals surface area contributed by atoms with Crippen molar-refractivity contribution in [2.75, 3.05) is 84.1 Å². The number of nitrogens with one attached hydrogen (secondary N) is 2. The topological polar surface area (TPSA) is 183 Å². The number of aromatic hydroxyl groups is 1. The van der Waals surface area contributed by atoms with Gasteiger partial charge in [0.2, 0.25) is 5.91 Å². The summed E-state index contributed by atoms with van der Waals surface area (Å²) in [6, 6.07) is 9.52. The zero-order valence-electron chi connectivity index (χ0n) is 36.3. The summed E-state index contributed by atoms with van der Waals surface area (Å²) in [6.45, 7) is 11.5. The van der Waals surface area contributed by atoms with Crippen molar-refractivity contribution >= 4 is 52.3 Å². The van der Waals surface area contributed by atoms with E-state index in [1.807, 2.05) is 34.2 Å². The molecule has 0 atom stereocenters. The Balaban J connectivity index is 0.00000102. The molecule has 6 rings (SSSR count). The Bertz CT molecular complexity index is 2050. The number of ether oxygens (including phenoxy) is 3. The average Bonchev–Trinajstić information content (AvgIpc) is 3.75. The Morgan fingerprint density at radius 2 is 1.80 bits per heavy atom. The molecule has 0 unspecified atom stereocenters. The number of carbonyl (C=O) groups is 4. The number of rotatable bonds is 19. The summed E-state index contributed by atoms with van der Waals surface area (Å²) in [6.07, 6.45) is 1.36. The van der Waals surface area contributed by atoms with Gasteiger partial charge in [-0.3, -0.25) is 19.3 Å². The lowest BCUT2D eigenvalue weighted by Crippen LogP contribution is -2.58. The number of aliphatic carboxylic acids is 1. The molecule has 4 N–H and O–H groups in total. The number of likely N-dealkylation sites (tertiary alicyclic amines) is 1. The highest BCUT2D eigenvalue weighted by Crippen LogP contribution is 2.39. The number of halogens is 4. The summed E-state index contributed by atoms with van der Waals surface area (Å²) in [4.78, 5) is 57.6. The number of amides is 3. The molecule has 3 aliphatic rings. The van der Waals surface area contributed by atoms with Crippen molar-refractivity contribution in [2.24, 2.45) is 0 Å². The van der Waals surface area contributed by atoms with Crippen LogP contribution < -0.4 is 15.4 Å². The van der Waals surface area contributed by atoms with Crippen LogP contribution in [0.15, 0.2) is 35.7 Å². The number of nitrogens with zero attached hydrogens (tertiary/aromatic N) is 4. The summed E-state index contributed by atoms with van der Waals surface area (Å²) < 4.78 is 49.6. The highest BCUT2D eigenvalue weighted by molar-refractivity contribution is 7.09. The van der Waals surface area contributed by atoms with Crippen LogP contribution >= 0.6 is 22.9 Å². The van der Waals surface area contributed by atoms with E-state index in [-0.39, 0.29) is 35.7 Å². The molecule has 2 saturated heterocycles. The van der Waals surface area contributed by atoms with Gasteiger partial charge in [-0.2, -0.15) is 13.2 Å². The van der Waals surface area contributed by atoms with Crippen molar-refractivity contribution in [3.63, 3.8) is 0 Å². The van der Waals surface area contributed by atoms with Crippen LogP contribution in [0.25, 0.3) is 0 Å². The molecular weight excluding hydrogens is 881 g/mol. The van der Waals surface area contributed by atoms with Crippen molar-refractivity contribution < 1.29 is 56.8 Å². The van der Waals surface area contributed by atoms with Gasteiger partial charge >= 0.3 is 12.1 Å². The maximum Gasteiger partial charge on any atom is 0.490 e. The molecule has 0 saturated carbocycles. The van der Waals surface area contributed by atoms with Crippen LogP contribution in [-0.4, -0.2) is 144 Å². The van der Waals surface area contributed by atoms with E-state index in [2.05, 4.69) is 33.5 Å². The highest BCUT2D eigenvalue weighted by atomic mass is 35.5. The van der Waals surface area contributed by atoms with Gasteiger partial charge < -0.3 is 44.9 Å². The minimum atomic E-state index is -5.08. The van der Waals surface area contributed by atoms with E-state index in [0.717, 1.165) is 78.5 Å². The molecule has 0 radical (unpaired) electrons. The van der Waals surface area contributed by atoms with Crippen LogP contribution in [0.3, 0.4) is 0 Å². The lowest BCUT2D eigenvalue weighted by Gasteiger charge is -2.47. The standard InChI is InChI=1S/C42H57ClN6O7S.C2HF3O2/c1-3-5-9-36-45-33(28-57-36)41(53)49-22-25-56-42(29-49)15-19-47(20-16-42)26-32-8-6-7-30(38(32)43)13-23-54-24-14-37(52)48(4-2)21-18-44-17-12-31-10-11-34(50)39-40(31)55-27-35(51)46-39;3-2(4,5)1(6)7/h6-8,10-11,28,44,50H,3-5,9,12-27,29H2,1-2H3,(H,46,51);(H,6,7). The van der Waals surface area contributed by atoms with Crippen molar-refractivity contribution in [3.05, 3.63) is 68.1 Å². The Morgan fingerprint density at radius 3 is 2.52 bits per heavy atom. The average molecular weight is 939 g/mol. The monoisotopic (exact) mass is 938 g/mol. The molecule has 0 aliphatic carbocycles. The van der Waals surface area contributed by atoms with Crippen molar-refractivity contribution in [1.29, 1.82) is 0 Å².